The van der Waals surface area contributed by atoms with Gasteiger partial charge in [0.25, 0.3) is 15.9 Å². The van der Waals surface area contributed by atoms with Gasteiger partial charge in [-0.15, -0.1) is 0 Å². The summed E-state index contributed by atoms with van der Waals surface area (Å²) in [5, 5.41) is 3.62. The molecule has 0 saturated carbocycles. The highest BCUT2D eigenvalue weighted by molar-refractivity contribution is 7.92. The SMILES string of the molecule is COc1nccnc1NS(=O)(=O)c1ccc(NC(=O)CCCOc2ccc(Cl)cc2Cl)cc1. The van der Waals surface area contributed by atoms with Crippen LogP contribution in [0.25, 0.3) is 0 Å². The largest absolute Gasteiger partial charge is 0.492 e. The molecule has 0 fully saturated rings. The van der Waals surface area contributed by atoms with Crippen molar-refractivity contribution in [1.29, 1.82) is 0 Å². The number of hydrogen-bond acceptors (Lipinski definition) is 7. The van der Waals surface area contributed by atoms with Gasteiger partial charge in [-0.2, -0.15) is 0 Å². The third-order valence-electron chi connectivity index (χ3n) is 4.24. The first kappa shape index (κ1) is 24.6. The highest BCUT2D eigenvalue weighted by Crippen LogP contribution is 2.27. The van der Waals surface area contributed by atoms with Crippen molar-refractivity contribution in [3.8, 4) is 11.6 Å². The van der Waals surface area contributed by atoms with Crippen molar-refractivity contribution in [2.45, 2.75) is 17.7 Å². The Morgan fingerprint density at radius 2 is 1.79 bits per heavy atom. The van der Waals surface area contributed by atoms with E-state index in [1.54, 1.807) is 18.2 Å². The molecule has 1 amide bonds. The van der Waals surface area contributed by atoms with Crippen molar-refractivity contribution >= 4 is 50.6 Å². The highest BCUT2D eigenvalue weighted by atomic mass is 35.5. The molecular formula is C21H20Cl2N4O5S. The molecule has 2 N–H and O–H groups in total. The number of benzene rings is 2. The molecule has 9 nitrogen and oxygen atoms in total. The first-order chi connectivity index (χ1) is 15.8. The number of rotatable bonds is 10. The molecule has 0 radical (unpaired) electrons. The van der Waals surface area contributed by atoms with Crippen LogP contribution < -0.4 is 19.5 Å². The number of halogens is 2. The zero-order valence-corrected chi connectivity index (χ0v) is 19.7. The van der Waals surface area contributed by atoms with E-state index in [4.69, 9.17) is 32.7 Å². The fourth-order valence-corrected chi connectivity index (χ4v) is 4.15. The second-order valence-electron chi connectivity index (χ2n) is 6.62. The van der Waals surface area contributed by atoms with Gasteiger partial charge in [0.15, 0.2) is 0 Å². The molecule has 0 aliphatic rings. The lowest BCUT2D eigenvalue weighted by Crippen LogP contribution is -2.16. The molecule has 174 valence electrons. The van der Waals surface area contributed by atoms with Crippen LogP contribution in [0.5, 0.6) is 11.6 Å². The molecule has 0 unspecified atom stereocenters. The summed E-state index contributed by atoms with van der Waals surface area (Å²) < 4.78 is 38.0. The Bertz CT molecular complexity index is 1220. The summed E-state index contributed by atoms with van der Waals surface area (Å²) in [6.45, 7) is 0.295. The molecule has 2 aromatic carbocycles. The van der Waals surface area contributed by atoms with E-state index in [1.807, 2.05) is 0 Å². The Morgan fingerprint density at radius 1 is 1.06 bits per heavy atom. The van der Waals surface area contributed by atoms with Crippen molar-refractivity contribution in [3.05, 3.63) is 64.9 Å². The van der Waals surface area contributed by atoms with Crippen LogP contribution in [0.3, 0.4) is 0 Å². The van der Waals surface area contributed by atoms with Crippen LogP contribution in [-0.4, -0.2) is 38.0 Å². The summed E-state index contributed by atoms with van der Waals surface area (Å²) in [4.78, 5) is 20.0. The van der Waals surface area contributed by atoms with Crippen molar-refractivity contribution in [2.24, 2.45) is 0 Å². The number of amides is 1. The lowest BCUT2D eigenvalue weighted by molar-refractivity contribution is -0.116. The molecule has 3 rings (SSSR count). The van der Waals surface area contributed by atoms with E-state index in [-0.39, 0.29) is 28.9 Å². The molecule has 1 aromatic heterocycles. The van der Waals surface area contributed by atoms with E-state index < -0.39 is 10.0 Å². The van der Waals surface area contributed by atoms with Gasteiger partial charge in [-0.1, -0.05) is 23.2 Å². The number of aromatic nitrogens is 2. The summed E-state index contributed by atoms with van der Waals surface area (Å²) >= 11 is 11.9. The van der Waals surface area contributed by atoms with Gasteiger partial charge in [-0.3, -0.25) is 9.52 Å². The predicted octanol–water partition coefficient (Wildman–Crippen LogP) is 4.39. The second kappa shape index (κ2) is 11.2. The summed E-state index contributed by atoms with van der Waals surface area (Å²) in [5.41, 5.74) is 0.456. The third-order valence-corrected chi connectivity index (χ3v) is 6.12. The van der Waals surface area contributed by atoms with Crippen molar-refractivity contribution in [3.63, 3.8) is 0 Å². The number of methoxy groups -OCH3 is 1. The first-order valence-corrected chi connectivity index (χ1v) is 11.9. The smallest absolute Gasteiger partial charge is 0.263 e. The number of sulfonamides is 1. The number of hydrogen-bond donors (Lipinski definition) is 2. The van der Waals surface area contributed by atoms with E-state index in [0.29, 0.717) is 34.5 Å². The van der Waals surface area contributed by atoms with Gasteiger partial charge in [0.05, 0.1) is 23.6 Å². The Kier molecular flexibility index (Phi) is 8.32. The first-order valence-electron chi connectivity index (χ1n) is 9.64. The van der Waals surface area contributed by atoms with E-state index in [1.165, 1.54) is 43.8 Å². The van der Waals surface area contributed by atoms with Crippen molar-refractivity contribution in [2.75, 3.05) is 23.8 Å². The van der Waals surface area contributed by atoms with Gasteiger partial charge in [-0.05, 0) is 48.9 Å². The quantitative estimate of drug-likeness (QED) is 0.388. The van der Waals surface area contributed by atoms with Gasteiger partial charge in [0.2, 0.25) is 11.7 Å². The van der Waals surface area contributed by atoms with E-state index in [9.17, 15) is 13.2 Å². The molecule has 12 heteroatoms. The molecule has 0 spiro atoms. The lowest BCUT2D eigenvalue weighted by Gasteiger charge is -2.11. The van der Waals surface area contributed by atoms with E-state index >= 15 is 0 Å². The maximum Gasteiger partial charge on any atom is 0.263 e. The topological polar surface area (TPSA) is 120 Å². The van der Waals surface area contributed by atoms with Crippen LogP contribution in [0.15, 0.2) is 59.8 Å². The van der Waals surface area contributed by atoms with Crippen LogP contribution >= 0.6 is 23.2 Å². The monoisotopic (exact) mass is 510 g/mol. The van der Waals surface area contributed by atoms with Gasteiger partial charge < -0.3 is 14.8 Å². The number of nitrogens with zero attached hydrogens (tertiary/aromatic N) is 2. The Labute approximate surface area is 201 Å². The molecule has 0 saturated heterocycles. The van der Waals surface area contributed by atoms with Crippen LogP contribution in [0, 0.1) is 0 Å². The van der Waals surface area contributed by atoms with Crippen molar-refractivity contribution < 1.29 is 22.7 Å². The normalized spacial score (nSPS) is 11.0. The number of carbonyl (C=O) groups excluding carboxylic acids is 1. The fourth-order valence-electron chi connectivity index (χ4n) is 2.68. The van der Waals surface area contributed by atoms with Crippen LogP contribution in [-0.2, 0) is 14.8 Å². The standard InChI is InChI=1S/C21H20Cl2N4O5S/c1-31-21-20(24-10-11-25-21)27-33(29,30)16-7-5-15(6-8-16)26-19(28)3-2-12-32-18-9-4-14(22)13-17(18)23/h4-11,13H,2-3,12H2,1H3,(H,24,27)(H,26,28). The third kappa shape index (κ3) is 6.95. The van der Waals surface area contributed by atoms with Gasteiger partial charge in [0.1, 0.15) is 5.75 Å². The molecule has 1 heterocycles. The fraction of sp³-hybridized carbons (Fsp3) is 0.190. The second-order valence-corrected chi connectivity index (χ2v) is 9.15. The number of carbonyl (C=O) groups is 1. The van der Waals surface area contributed by atoms with Crippen LogP contribution in [0.1, 0.15) is 12.8 Å². The molecule has 0 aliphatic heterocycles. The van der Waals surface area contributed by atoms with E-state index in [2.05, 4.69) is 20.0 Å². The zero-order valence-electron chi connectivity index (χ0n) is 17.4. The Hall–Kier alpha value is -3.08. The van der Waals surface area contributed by atoms with Gasteiger partial charge >= 0.3 is 0 Å². The minimum absolute atomic E-state index is 0.0125. The van der Waals surface area contributed by atoms with E-state index in [0.717, 1.165) is 0 Å². The number of nitrogens with one attached hydrogen (secondary N) is 2. The predicted molar refractivity (Wildman–Crippen MR) is 126 cm³/mol. The van der Waals surface area contributed by atoms with Crippen LogP contribution in [0.2, 0.25) is 10.0 Å². The Morgan fingerprint density at radius 3 is 2.48 bits per heavy atom. The zero-order chi connectivity index (χ0) is 23.8. The average molecular weight is 511 g/mol. The van der Waals surface area contributed by atoms with Crippen LogP contribution in [0.4, 0.5) is 11.5 Å². The summed E-state index contributed by atoms with van der Waals surface area (Å²) in [5.74, 6) is 0.275. The average Bonchev–Trinajstić information content (AvgIpc) is 2.78. The molecule has 33 heavy (non-hydrogen) atoms. The minimum atomic E-state index is -3.92. The lowest BCUT2D eigenvalue weighted by atomic mass is 10.2. The van der Waals surface area contributed by atoms with Gasteiger partial charge in [0, 0.05) is 29.5 Å². The number of anilines is 2. The van der Waals surface area contributed by atoms with Gasteiger partial charge in [-0.25, -0.2) is 18.4 Å². The number of ether oxygens (including phenoxy) is 2. The maximum atomic E-state index is 12.6. The summed E-state index contributed by atoms with van der Waals surface area (Å²) in [7, 11) is -2.56. The highest BCUT2D eigenvalue weighted by Gasteiger charge is 2.18. The maximum absolute atomic E-state index is 12.6. The molecule has 0 bridgehead atoms. The molecular weight excluding hydrogens is 491 g/mol. The molecule has 3 aromatic rings. The Balaban J connectivity index is 1.50. The summed E-state index contributed by atoms with van der Waals surface area (Å²) in [6, 6.07) is 10.6. The summed E-state index contributed by atoms with van der Waals surface area (Å²) in [6.07, 6.45) is 3.39. The van der Waals surface area contributed by atoms with Crippen molar-refractivity contribution in [1.82, 2.24) is 9.97 Å². The minimum Gasteiger partial charge on any atom is -0.492 e. The molecule has 0 atom stereocenters. The molecule has 0 aliphatic carbocycles.